The first-order valence-electron chi connectivity index (χ1n) is 6.40. The van der Waals surface area contributed by atoms with E-state index < -0.39 is 0 Å². The monoisotopic (exact) mass is 398 g/mol. The van der Waals surface area contributed by atoms with Gasteiger partial charge in [0, 0.05) is 19.7 Å². The highest BCUT2D eigenvalue weighted by Crippen LogP contribution is 2.27. The summed E-state index contributed by atoms with van der Waals surface area (Å²) < 4.78 is 6.48. The third-order valence-electron chi connectivity index (χ3n) is 3.34. The Balaban J connectivity index is 2.00. The minimum absolute atomic E-state index is 0.00488. The number of hydrogen-bond acceptors (Lipinski definition) is 2. The number of hydrogen-bond donors (Lipinski definition) is 0. The number of fused-ring (bicyclic) bond motifs is 1. The second kappa shape index (κ2) is 5.74. The van der Waals surface area contributed by atoms with Gasteiger partial charge in [0.25, 0.3) is 0 Å². The van der Waals surface area contributed by atoms with E-state index in [0.717, 1.165) is 34.3 Å². The van der Waals surface area contributed by atoms with E-state index in [1.807, 2.05) is 24.3 Å². The quantitative estimate of drug-likeness (QED) is 0.550. The molecule has 0 bridgehead atoms. The molecule has 1 heterocycles. The summed E-state index contributed by atoms with van der Waals surface area (Å²) in [5.41, 5.74) is 2.45. The molecule has 4 heteroatoms. The lowest BCUT2D eigenvalue weighted by Crippen LogP contribution is -2.10. The Morgan fingerprint density at radius 3 is 2.90 bits per heavy atom. The summed E-state index contributed by atoms with van der Waals surface area (Å²) >= 11 is 8.15. The Hall–Kier alpha value is -1.07. The van der Waals surface area contributed by atoms with Crippen molar-refractivity contribution in [3.63, 3.8) is 0 Å². The van der Waals surface area contributed by atoms with Crippen LogP contribution in [0.4, 0.5) is 0 Å². The van der Waals surface area contributed by atoms with Crippen LogP contribution in [-0.4, -0.2) is 12.4 Å². The molecule has 102 valence electrons. The fraction of sp³-hybridized carbons (Fsp3) is 0.188. The van der Waals surface area contributed by atoms with Gasteiger partial charge in [-0.05, 0) is 77.4 Å². The van der Waals surface area contributed by atoms with Crippen molar-refractivity contribution in [3.05, 3.63) is 61.7 Å². The van der Waals surface area contributed by atoms with E-state index in [1.165, 1.54) is 0 Å². The Labute approximate surface area is 136 Å². The molecule has 20 heavy (non-hydrogen) atoms. The van der Waals surface area contributed by atoms with Crippen molar-refractivity contribution in [1.29, 1.82) is 0 Å². The first-order chi connectivity index (χ1) is 9.65. The zero-order valence-corrected chi connectivity index (χ0v) is 13.6. The van der Waals surface area contributed by atoms with Gasteiger partial charge in [-0.25, -0.2) is 0 Å². The summed E-state index contributed by atoms with van der Waals surface area (Å²) in [5, 5.41) is 0.579. The zero-order chi connectivity index (χ0) is 14.1. The molecule has 3 rings (SSSR count). The van der Waals surface area contributed by atoms with Crippen molar-refractivity contribution in [2.24, 2.45) is 0 Å². The molecule has 0 aliphatic carbocycles. The minimum atomic E-state index is 0.00488. The fourth-order valence-corrected chi connectivity index (χ4v) is 3.08. The van der Waals surface area contributed by atoms with Crippen molar-refractivity contribution < 1.29 is 9.53 Å². The molecular formula is C16H12ClIO2. The summed E-state index contributed by atoms with van der Waals surface area (Å²) in [6, 6.07) is 11.0. The Bertz CT molecular complexity index is 682. The average molecular weight is 399 g/mol. The van der Waals surface area contributed by atoms with Crippen molar-refractivity contribution in [2.45, 2.75) is 12.8 Å². The molecule has 0 spiro atoms. The average Bonchev–Trinajstić information content (AvgIpc) is 2.48. The number of carbonyl (C=O) groups excluding carboxylic acids is 1. The molecule has 0 N–H and O–H groups in total. The predicted octanol–water partition coefficient (Wildman–Crippen LogP) is 4.50. The van der Waals surface area contributed by atoms with Gasteiger partial charge in [0.05, 0.1) is 6.61 Å². The second-order valence-corrected chi connectivity index (χ2v) is 6.33. The molecule has 0 radical (unpaired) electrons. The third-order valence-corrected chi connectivity index (χ3v) is 4.52. The van der Waals surface area contributed by atoms with Gasteiger partial charge in [-0.15, -0.1) is 0 Å². The molecule has 1 aliphatic rings. The van der Waals surface area contributed by atoms with Crippen LogP contribution in [0.5, 0.6) is 5.75 Å². The minimum Gasteiger partial charge on any atom is -0.493 e. The highest BCUT2D eigenvalue weighted by atomic mass is 127. The predicted molar refractivity (Wildman–Crippen MR) is 87.9 cm³/mol. The van der Waals surface area contributed by atoms with Gasteiger partial charge in [0.1, 0.15) is 5.75 Å². The maximum absolute atomic E-state index is 12.6. The second-order valence-electron chi connectivity index (χ2n) is 4.73. The summed E-state index contributed by atoms with van der Waals surface area (Å²) in [4.78, 5) is 12.6. The normalized spacial score (nSPS) is 13.5. The molecule has 0 unspecified atom stereocenters. The lowest BCUT2D eigenvalue weighted by molar-refractivity contribution is 0.103. The summed E-state index contributed by atoms with van der Waals surface area (Å²) in [5.74, 6) is 0.902. The summed E-state index contributed by atoms with van der Waals surface area (Å²) in [6.07, 6.45) is 1.96. The third kappa shape index (κ3) is 2.69. The van der Waals surface area contributed by atoms with Gasteiger partial charge in [-0.3, -0.25) is 4.79 Å². The van der Waals surface area contributed by atoms with Gasteiger partial charge >= 0.3 is 0 Å². The van der Waals surface area contributed by atoms with Gasteiger partial charge in [-0.2, -0.15) is 0 Å². The van der Waals surface area contributed by atoms with Crippen molar-refractivity contribution in [3.8, 4) is 5.75 Å². The number of halogens is 2. The van der Waals surface area contributed by atoms with E-state index in [9.17, 15) is 4.79 Å². The number of aryl methyl sites for hydroxylation is 1. The van der Waals surface area contributed by atoms with E-state index in [-0.39, 0.29) is 5.78 Å². The Morgan fingerprint density at radius 1 is 1.20 bits per heavy atom. The maximum Gasteiger partial charge on any atom is 0.194 e. The van der Waals surface area contributed by atoms with Crippen LogP contribution in [0.3, 0.4) is 0 Å². The lowest BCUT2D eigenvalue weighted by Gasteiger charge is -2.17. The van der Waals surface area contributed by atoms with Crippen LogP contribution in [0.15, 0.2) is 36.4 Å². The van der Waals surface area contributed by atoms with Gasteiger partial charge in [-0.1, -0.05) is 11.6 Å². The van der Waals surface area contributed by atoms with E-state index >= 15 is 0 Å². The molecule has 0 atom stereocenters. The highest BCUT2D eigenvalue weighted by molar-refractivity contribution is 14.1. The highest BCUT2D eigenvalue weighted by Gasteiger charge is 2.17. The van der Waals surface area contributed by atoms with E-state index in [1.54, 1.807) is 12.1 Å². The molecule has 0 saturated heterocycles. The van der Waals surface area contributed by atoms with Gasteiger partial charge < -0.3 is 4.74 Å². The SMILES string of the molecule is O=C(c1ccc2c(c1)CCCO2)c1cc(Cl)ccc1I. The Kier molecular flexibility index (Phi) is 3.98. The Morgan fingerprint density at radius 2 is 2.05 bits per heavy atom. The van der Waals surface area contributed by atoms with Gasteiger partial charge in [0.15, 0.2) is 5.78 Å². The topological polar surface area (TPSA) is 26.3 Å². The summed E-state index contributed by atoms with van der Waals surface area (Å²) in [6.45, 7) is 0.756. The lowest BCUT2D eigenvalue weighted by atomic mass is 9.98. The van der Waals surface area contributed by atoms with E-state index in [0.29, 0.717) is 16.1 Å². The number of rotatable bonds is 2. The molecule has 0 amide bonds. The van der Waals surface area contributed by atoms with Crippen molar-refractivity contribution >= 4 is 40.0 Å². The first-order valence-corrected chi connectivity index (χ1v) is 7.86. The van der Waals surface area contributed by atoms with Crippen LogP contribution in [0.25, 0.3) is 0 Å². The molecule has 2 aromatic carbocycles. The number of ketones is 1. The molecule has 2 nitrogen and oxygen atoms in total. The van der Waals surface area contributed by atoms with Crippen LogP contribution < -0.4 is 4.74 Å². The summed E-state index contributed by atoms with van der Waals surface area (Å²) in [7, 11) is 0. The molecule has 0 saturated carbocycles. The smallest absolute Gasteiger partial charge is 0.194 e. The molecule has 0 fully saturated rings. The zero-order valence-electron chi connectivity index (χ0n) is 10.7. The molecule has 1 aliphatic heterocycles. The molecule has 0 aromatic heterocycles. The largest absolute Gasteiger partial charge is 0.493 e. The van der Waals surface area contributed by atoms with E-state index in [4.69, 9.17) is 16.3 Å². The van der Waals surface area contributed by atoms with Crippen molar-refractivity contribution in [1.82, 2.24) is 0 Å². The molecule has 2 aromatic rings. The fourth-order valence-electron chi connectivity index (χ4n) is 2.33. The van der Waals surface area contributed by atoms with Crippen LogP contribution in [0, 0.1) is 3.57 Å². The maximum atomic E-state index is 12.6. The van der Waals surface area contributed by atoms with Gasteiger partial charge in [0.2, 0.25) is 0 Å². The van der Waals surface area contributed by atoms with Crippen LogP contribution in [0.2, 0.25) is 5.02 Å². The standard InChI is InChI=1S/C16H12ClIO2/c17-12-4-5-14(18)13(9-12)16(19)11-3-6-15-10(8-11)2-1-7-20-15/h3-6,8-9H,1-2,7H2. The molecular weight excluding hydrogens is 387 g/mol. The van der Waals surface area contributed by atoms with Crippen LogP contribution >= 0.6 is 34.2 Å². The van der Waals surface area contributed by atoms with Crippen LogP contribution in [-0.2, 0) is 6.42 Å². The van der Waals surface area contributed by atoms with Crippen molar-refractivity contribution in [2.75, 3.05) is 6.61 Å². The number of benzene rings is 2. The first kappa shape index (κ1) is 13.9. The van der Waals surface area contributed by atoms with Crippen LogP contribution in [0.1, 0.15) is 27.9 Å². The van der Waals surface area contributed by atoms with E-state index in [2.05, 4.69) is 22.6 Å². The number of carbonyl (C=O) groups is 1. The number of ether oxygens (including phenoxy) is 1.